The van der Waals surface area contributed by atoms with E-state index in [1.165, 1.54) is 0 Å². The molecule has 1 heterocycles. The highest BCUT2D eigenvalue weighted by Crippen LogP contribution is 2.26. The molecule has 116 valence electrons. The molecule has 0 bridgehead atoms. The summed E-state index contributed by atoms with van der Waals surface area (Å²) in [6.45, 7) is 5.05. The first kappa shape index (κ1) is 16.3. The van der Waals surface area contributed by atoms with Crippen LogP contribution < -0.4 is 5.32 Å². The predicted molar refractivity (Wildman–Crippen MR) is 82.4 cm³/mol. The number of carbonyl (C=O) groups excluding carboxylic acids is 1. The number of nitrogens with one attached hydrogen (secondary N) is 1. The van der Waals surface area contributed by atoms with E-state index < -0.39 is 5.60 Å². The lowest BCUT2D eigenvalue weighted by Crippen LogP contribution is -2.45. The van der Waals surface area contributed by atoms with Gasteiger partial charge in [0.1, 0.15) is 5.60 Å². The Bertz CT molecular complexity index is 481. The number of carbonyl (C=O) groups is 1. The monoisotopic (exact) mass is 311 g/mol. The fourth-order valence-corrected chi connectivity index (χ4v) is 2.73. The van der Waals surface area contributed by atoms with Crippen LogP contribution in [0.15, 0.2) is 24.3 Å². The van der Waals surface area contributed by atoms with Crippen molar-refractivity contribution < 1.29 is 14.6 Å². The summed E-state index contributed by atoms with van der Waals surface area (Å²) in [5.74, 6) is -0.179. The third-order valence-electron chi connectivity index (χ3n) is 3.85. The first-order valence-electron chi connectivity index (χ1n) is 7.25. The lowest BCUT2D eigenvalue weighted by Gasteiger charge is -2.25. The van der Waals surface area contributed by atoms with Crippen molar-refractivity contribution in [3.05, 3.63) is 34.9 Å². The van der Waals surface area contributed by atoms with Gasteiger partial charge in [-0.05, 0) is 23.6 Å². The quantitative estimate of drug-likeness (QED) is 0.877. The first-order valence-corrected chi connectivity index (χ1v) is 7.62. The number of benzene rings is 1. The molecule has 1 aliphatic rings. The Balaban J connectivity index is 2.04. The van der Waals surface area contributed by atoms with E-state index in [4.69, 9.17) is 16.3 Å². The average Bonchev–Trinajstić information content (AvgIpc) is 2.86. The Morgan fingerprint density at radius 1 is 1.43 bits per heavy atom. The summed E-state index contributed by atoms with van der Waals surface area (Å²) in [4.78, 5) is 12.5. The maximum atomic E-state index is 12.5. The molecule has 1 saturated heterocycles. The molecule has 21 heavy (non-hydrogen) atoms. The minimum absolute atomic E-state index is 0.0763. The number of halogens is 1. The smallest absolute Gasteiger partial charge is 0.227 e. The lowest BCUT2D eigenvalue weighted by atomic mass is 9.87. The minimum atomic E-state index is -0.933. The summed E-state index contributed by atoms with van der Waals surface area (Å²) in [6, 6.07) is 7.33. The molecule has 1 fully saturated rings. The molecule has 0 spiro atoms. The van der Waals surface area contributed by atoms with Crippen LogP contribution in [0.3, 0.4) is 0 Å². The molecule has 1 aromatic rings. The van der Waals surface area contributed by atoms with Crippen LogP contribution in [-0.2, 0) is 9.53 Å². The molecule has 0 aromatic heterocycles. The van der Waals surface area contributed by atoms with Crippen molar-refractivity contribution in [2.24, 2.45) is 5.92 Å². The Morgan fingerprint density at radius 3 is 2.62 bits per heavy atom. The topological polar surface area (TPSA) is 58.6 Å². The van der Waals surface area contributed by atoms with Gasteiger partial charge in [0.05, 0.1) is 12.5 Å². The highest BCUT2D eigenvalue weighted by Gasteiger charge is 2.34. The van der Waals surface area contributed by atoms with Crippen LogP contribution in [0, 0.1) is 5.92 Å². The molecule has 2 unspecified atom stereocenters. The van der Waals surface area contributed by atoms with Crippen molar-refractivity contribution >= 4 is 17.5 Å². The molecule has 2 atom stereocenters. The second-order valence-corrected chi connectivity index (χ2v) is 6.45. The Morgan fingerprint density at radius 2 is 2.10 bits per heavy atom. The van der Waals surface area contributed by atoms with Gasteiger partial charge in [0.2, 0.25) is 5.91 Å². The van der Waals surface area contributed by atoms with Gasteiger partial charge in [-0.3, -0.25) is 4.79 Å². The zero-order chi connectivity index (χ0) is 15.5. The van der Waals surface area contributed by atoms with E-state index in [2.05, 4.69) is 5.32 Å². The fraction of sp³-hybridized carbons (Fsp3) is 0.562. The summed E-state index contributed by atoms with van der Waals surface area (Å²) < 4.78 is 5.18. The number of ether oxygens (including phenoxy) is 1. The predicted octanol–water partition coefficient (Wildman–Crippen LogP) is 2.35. The van der Waals surface area contributed by atoms with E-state index in [1.807, 2.05) is 26.0 Å². The number of hydrogen-bond acceptors (Lipinski definition) is 3. The van der Waals surface area contributed by atoms with Crippen LogP contribution in [0.4, 0.5) is 0 Å². The Hall–Kier alpha value is -1.10. The highest BCUT2D eigenvalue weighted by molar-refractivity contribution is 6.30. The molecule has 1 amide bonds. The molecular weight excluding hydrogens is 290 g/mol. The van der Waals surface area contributed by atoms with Crippen molar-refractivity contribution in [1.82, 2.24) is 5.32 Å². The van der Waals surface area contributed by atoms with E-state index in [1.54, 1.807) is 12.1 Å². The largest absolute Gasteiger partial charge is 0.386 e. The molecule has 0 saturated carbocycles. The van der Waals surface area contributed by atoms with Gasteiger partial charge in [0.25, 0.3) is 0 Å². The van der Waals surface area contributed by atoms with Gasteiger partial charge in [0.15, 0.2) is 0 Å². The van der Waals surface area contributed by atoms with Gasteiger partial charge in [0, 0.05) is 24.6 Å². The van der Waals surface area contributed by atoms with Gasteiger partial charge in [-0.25, -0.2) is 0 Å². The van der Waals surface area contributed by atoms with Crippen molar-refractivity contribution in [2.45, 2.75) is 31.8 Å². The summed E-state index contributed by atoms with van der Waals surface area (Å²) >= 11 is 5.89. The van der Waals surface area contributed by atoms with E-state index in [0.717, 1.165) is 5.56 Å². The van der Waals surface area contributed by atoms with Crippen LogP contribution in [0.2, 0.25) is 5.02 Å². The van der Waals surface area contributed by atoms with Crippen molar-refractivity contribution in [2.75, 3.05) is 19.8 Å². The van der Waals surface area contributed by atoms with E-state index in [-0.39, 0.29) is 30.9 Å². The summed E-state index contributed by atoms with van der Waals surface area (Å²) in [7, 11) is 0. The number of hydrogen-bond donors (Lipinski definition) is 2. The van der Waals surface area contributed by atoms with Gasteiger partial charge >= 0.3 is 0 Å². The second kappa shape index (κ2) is 6.77. The average molecular weight is 312 g/mol. The molecule has 1 aromatic carbocycles. The van der Waals surface area contributed by atoms with Crippen LogP contribution >= 0.6 is 11.6 Å². The SMILES string of the molecule is CC(C)C(C(=O)NCC1(O)CCOC1)c1ccc(Cl)cc1. The third kappa shape index (κ3) is 4.19. The van der Waals surface area contributed by atoms with Crippen LogP contribution in [0.25, 0.3) is 0 Å². The normalized spacial score (nSPS) is 23.3. The van der Waals surface area contributed by atoms with Crippen LogP contribution in [0.5, 0.6) is 0 Å². The molecule has 2 N–H and O–H groups in total. The number of amides is 1. The first-order chi connectivity index (χ1) is 9.91. The zero-order valence-corrected chi connectivity index (χ0v) is 13.2. The summed E-state index contributed by atoms with van der Waals surface area (Å²) in [5.41, 5.74) is -0.00135. The molecule has 0 radical (unpaired) electrons. The van der Waals surface area contributed by atoms with E-state index in [9.17, 15) is 9.90 Å². The molecule has 4 nitrogen and oxygen atoms in total. The number of aliphatic hydroxyl groups is 1. The molecule has 5 heteroatoms. The Labute approximate surface area is 130 Å². The van der Waals surface area contributed by atoms with Gasteiger partial charge in [-0.1, -0.05) is 37.6 Å². The van der Waals surface area contributed by atoms with Gasteiger partial charge in [-0.15, -0.1) is 0 Å². The third-order valence-corrected chi connectivity index (χ3v) is 4.10. The Kier molecular flexibility index (Phi) is 5.25. The zero-order valence-electron chi connectivity index (χ0n) is 12.4. The fourth-order valence-electron chi connectivity index (χ4n) is 2.61. The molecular formula is C16H22ClNO3. The maximum absolute atomic E-state index is 12.5. The highest BCUT2D eigenvalue weighted by atomic mass is 35.5. The van der Waals surface area contributed by atoms with Gasteiger partial charge < -0.3 is 15.2 Å². The lowest BCUT2D eigenvalue weighted by molar-refractivity contribution is -0.124. The van der Waals surface area contributed by atoms with E-state index in [0.29, 0.717) is 18.1 Å². The van der Waals surface area contributed by atoms with Crippen molar-refractivity contribution in [1.29, 1.82) is 0 Å². The van der Waals surface area contributed by atoms with Crippen LogP contribution in [-0.4, -0.2) is 36.4 Å². The minimum Gasteiger partial charge on any atom is -0.386 e. The van der Waals surface area contributed by atoms with E-state index >= 15 is 0 Å². The van der Waals surface area contributed by atoms with Crippen molar-refractivity contribution in [3.8, 4) is 0 Å². The maximum Gasteiger partial charge on any atom is 0.227 e. The summed E-state index contributed by atoms with van der Waals surface area (Å²) in [5, 5.41) is 13.7. The van der Waals surface area contributed by atoms with Gasteiger partial charge in [-0.2, -0.15) is 0 Å². The molecule has 0 aliphatic carbocycles. The number of rotatable bonds is 5. The summed E-state index contributed by atoms with van der Waals surface area (Å²) in [6.07, 6.45) is 0.556. The molecule has 1 aliphatic heterocycles. The molecule has 2 rings (SSSR count). The second-order valence-electron chi connectivity index (χ2n) is 6.02. The van der Waals surface area contributed by atoms with Crippen molar-refractivity contribution in [3.63, 3.8) is 0 Å². The standard InChI is InChI=1S/C16H22ClNO3/c1-11(2)14(12-3-5-13(17)6-4-12)15(19)18-9-16(20)7-8-21-10-16/h3-6,11,14,20H,7-10H2,1-2H3,(H,18,19). The van der Waals surface area contributed by atoms with Crippen LogP contribution in [0.1, 0.15) is 31.7 Å².